The maximum absolute atomic E-state index is 13.3. The molecular weight excluding hydrogens is 339 g/mol. The summed E-state index contributed by atoms with van der Waals surface area (Å²) in [6.07, 6.45) is 4.32. The van der Waals surface area contributed by atoms with Crippen LogP contribution in [0.5, 0.6) is 0 Å². The lowest BCUT2D eigenvalue weighted by Crippen LogP contribution is -2.08. The number of anilines is 2. The van der Waals surface area contributed by atoms with Crippen LogP contribution < -0.4 is 5.32 Å². The zero-order valence-electron chi connectivity index (χ0n) is 15.0. The second-order valence-electron chi connectivity index (χ2n) is 6.31. The molecule has 0 radical (unpaired) electrons. The van der Waals surface area contributed by atoms with Crippen LogP contribution in [0.25, 0.3) is 16.8 Å². The Bertz CT molecular complexity index is 1100. The van der Waals surface area contributed by atoms with Crippen LogP contribution in [0.3, 0.4) is 0 Å². The van der Waals surface area contributed by atoms with E-state index in [2.05, 4.69) is 17.0 Å². The highest BCUT2D eigenvalue weighted by atomic mass is 19.1. The molecule has 2 aromatic carbocycles. The average Bonchev–Trinajstić information content (AvgIpc) is 3.10. The monoisotopic (exact) mass is 358 g/mol. The van der Waals surface area contributed by atoms with E-state index in [-0.39, 0.29) is 5.82 Å². The van der Waals surface area contributed by atoms with Gasteiger partial charge in [0.2, 0.25) is 0 Å². The van der Waals surface area contributed by atoms with Crippen molar-refractivity contribution in [2.45, 2.75) is 13.3 Å². The van der Waals surface area contributed by atoms with Crippen LogP contribution >= 0.6 is 0 Å². The van der Waals surface area contributed by atoms with E-state index in [1.54, 1.807) is 16.6 Å². The number of fused-ring (bicyclic) bond motifs is 1. The topological polar surface area (TPSA) is 42.2 Å². The molecule has 0 fully saturated rings. The Kier molecular flexibility index (Phi) is 4.42. The van der Waals surface area contributed by atoms with Crippen molar-refractivity contribution in [2.24, 2.45) is 0 Å². The number of aromatic nitrogens is 3. The number of rotatable bonds is 5. The summed E-state index contributed by atoms with van der Waals surface area (Å²) >= 11 is 0. The van der Waals surface area contributed by atoms with E-state index < -0.39 is 0 Å². The summed E-state index contributed by atoms with van der Waals surface area (Å²) in [4.78, 5) is 4.80. The average molecular weight is 358 g/mol. The van der Waals surface area contributed by atoms with Gasteiger partial charge in [-0.1, -0.05) is 36.4 Å². The first kappa shape index (κ1) is 17.0. The molecule has 0 saturated heterocycles. The van der Waals surface area contributed by atoms with Crippen LogP contribution in [0.1, 0.15) is 11.3 Å². The van der Waals surface area contributed by atoms with Gasteiger partial charge in [-0.3, -0.25) is 0 Å². The fraction of sp³-hybridized carbons (Fsp3) is 0.0909. The van der Waals surface area contributed by atoms with Crippen molar-refractivity contribution >= 4 is 17.2 Å². The first-order valence-corrected chi connectivity index (χ1v) is 8.73. The Morgan fingerprint density at radius 3 is 2.56 bits per heavy atom. The van der Waals surface area contributed by atoms with Gasteiger partial charge in [-0.2, -0.15) is 9.61 Å². The molecule has 27 heavy (non-hydrogen) atoms. The molecule has 0 saturated carbocycles. The number of aryl methyl sites for hydroxylation is 1. The quantitative estimate of drug-likeness (QED) is 0.491. The molecule has 0 atom stereocenters. The Morgan fingerprint density at radius 1 is 1.11 bits per heavy atom. The summed E-state index contributed by atoms with van der Waals surface area (Å²) in [6.45, 7) is 5.84. The van der Waals surface area contributed by atoms with Gasteiger partial charge >= 0.3 is 0 Å². The van der Waals surface area contributed by atoms with Crippen molar-refractivity contribution in [3.05, 3.63) is 90.5 Å². The highest BCUT2D eigenvalue weighted by molar-refractivity contribution is 5.79. The van der Waals surface area contributed by atoms with E-state index in [1.807, 2.05) is 49.5 Å². The SMILES string of the molecule is C=CCc1c(C)nc2c(-c3ccccc3)cnn2c1Nc1ccc(F)cc1. The van der Waals surface area contributed by atoms with Gasteiger partial charge in [-0.05, 0) is 43.2 Å². The largest absolute Gasteiger partial charge is 0.340 e. The molecule has 0 amide bonds. The van der Waals surface area contributed by atoms with E-state index in [1.165, 1.54) is 12.1 Å². The zero-order valence-corrected chi connectivity index (χ0v) is 15.0. The summed E-state index contributed by atoms with van der Waals surface area (Å²) in [5.41, 5.74) is 5.49. The van der Waals surface area contributed by atoms with Crippen molar-refractivity contribution < 1.29 is 4.39 Å². The van der Waals surface area contributed by atoms with E-state index in [4.69, 9.17) is 4.98 Å². The van der Waals surface area contributed by atoms with Crippen LogP contribution in [-0.2, 0) is 6.42 Å². The molecule has 134 valence electrons. The normalized spacial score (nSPS) is 10.9. The Labute approximate surface area is 157 Å². The lowest BCUT2D eigenvalue weighted by atomic mass is 10.1. The van der Waals surface area contributed by atoms with Crippen LogP contribution in [0.15, 0.2) is 73.4 Å². The number of nitrogens with one attached hydrogen (secondary N) is 1. The van der Waals surface area contributed by atoms with Crippen molar-refractivity contribution in [3.8, 4) is 11.1 Å². The van der Waals surface area contributed by atoms with E-state index in [0.717, 1.165) is 39.5 Å². The molecule has 2 aromatic heterocycles. The molecule has 0 aliphatic carbocycles. The summed E-state index contributed by atoms with van der Waals surface area (Å²) in [5, 5.41) is 7.96. The van der Waals surface area contributed by atoms with Gasteiger partial charge in [0.1, 0.15) is 11.6 Å². The van der Waals surface area contributed by atoms with Crippen molar-refractivity contribution in [3.63, 3.8) is 0 Å². The molecule has 0 aliphatic rings. The fourth-order valence-corrected chi connectivity index (χ4v) is 3.15. The smallest absolute Gasteiger partial charge is 0.165 e. The molecule has 0 aliphatic heterocycles. The number of nitrogens with zero attached hydrogens (tertiary/aromatic N) is 3. The van der Waals surface area contributed by atoms with Gasteiger partial charge in [0.05, 0.1) is 6.20 Å². The molecule has 1 N–H and O–H groups in total. The van der Waals surface area contributed by atoms with Crippen LogP contribution in [0, 0.1) is 12.7 Å². The van der Waals surface area contributed by atoms with Crippen molar-refractivity contribution in [1.82, 2.24) is 14.6 Å². The number of allylic oxidation sites excluding steroid dienone is 1. The third-order valence-corrected chi connectivity index (χ3v) is 4.49. The van der Waals surface area contributed by atoms with Gasteiger partial charge in [0.25, 0.3) is 0 Å². The van der Waals surface area contributed by atoms with E-state index in [0.29, 0.717) is 6.42 Å². The summed E-state index contributed by atoms with van der Waals surface area (Å²) in [5.74, 6) is 0.541. The maximum Gasteiger partial charge on any atom is 0.165 e. The molecule has 0 bridgehead atoms. The highest BCUT2D eigenvalue weighted by Crippen LogP contribution is 2.30. The van der Waals surface area contributed by atoms with Crippen LogP contribution in [0.4, 0.5) is 15.9 Å². The van der Waals surface area contributed by atoms with Gasteiger partial charge < -0.3 is 5.32 Å². The molecule has 4 rings (SSSR count). The third kappa shape index (κ3) is 3.19. The predicted molar refractivity (Wildman–Crippen MR) is 107 cm³/mol. The molecule has 5 heteroatoms. The first-order chi connectivity index (χ1) is 13.2. The van der Waals surface area contributed by atoms with Crippen LogP contribution in [0.2, 0.25) is 0 Å². The second-order valence-corrected chi connectivity index (χ2v) is 6.31. The number of benzene rings is 2. The van der Waals surface area contributed by atoms with E-state index in [9.17, 15) is 4.39 Å². The molecule has 2 heterocycles. The summed E-state index contributed by atoms with van der Waals surface area (Å²) in [6, 6.07) is 16.3. The minimum Gasteiger partial charge on any atom is -0.340 e. The summed E-state index contributed by atoms with van der Waals surface area (Å²) < 4.78 is 15.1. The lowest BCUT2D eigenvalue weighted by Gasteiger charge is -2.15. The fourth-order valence-electron chi connectivity index (χ4n) is 3.15. The third-order valence-electron chi connectivity index (χ3n) is 4.49. The Balaban J connectivity index is 1.91. The molecule has 4 aromatic rings. The highest BCUT2D eigenvalue weighted by Gasteiger charge is 2.17. The van der Waals surface area contributed by atoms with Gasteiger partial charge in [0, 0.05) is 22.5 Å². The van der Waals surface area contributed by atoms with Gasteiger partial charge in [0.15, 0.2) is 5.65 Å². The number of hydrogen-bond acceptors (Lipinski definition) is 3. The molecule has 4 nitrogen and oxygen atoms in total. The number of halogens is 1. The Morgan fingerprint density at radius 2 is 1.85 bits per heavy atom. The predicted octanol–water partition coefficient (Wildman–Crippen LogP) is 5.32. The standard InChI is InChI=1S/C22H19FN4/c1-3-7-19-15(2)25-22-20(16-8-5-4-6-9-16)14-24-27(22)21(19)26-18-12-10-17(23)11-13-18/h3-6,8-14,26H,1,7H2,2H3. The van der Waals surface area contributed by atoms with E-state index >= 15 is 0 Å². The van der Waals surface area contributed by atoms with Crippen molar-refractivity contribution in [1.29, 1.82) is 0 Å². The lowest BCUT2D eigenvalue weighted by molar-refractivity contribution is 0.628. The van der Waals surface area contributed by atoms with Gasteiger partial charge in [-0.15, -0.1) is 6.58 Å². The Hall–Kier alpha value is -3.47. The molecule has 0 spiro atoms. The van der Waals surface area contributed by atoms with Crippen molar-refractivity contribution in [2.75, 3.05) is 5.32 Å². The molecule has 0 unspecified atom stereocenters. The minimum absolute atomic E-state index is 0.270. The zero-order chi connectivity index (χ0) is 18.8. The van der Waals surface area contributed by atoms with Gasteiger partial charge in [-0.25, -0.2) is 9.37 Å². The van der Waals surface area contributed by atoms with Crippen LogP contribution in [-0.4, -0.2) is 14.6 Å². The second kappa shape index (κ2) is 7.03. The first-order valence-electron chi connectivity index (χ1n) is 8.73. The number of hydrogen-bond donors (Lipinski definition) is 1. The minimum atomic E-state index is -0.270. The summed E-state index contributed by atoms with van der Waals surface area (Å²) in [7, 11) is 0. The molecular formula is C22H19FN4. The maximum atomic E-state index is 13.3.